The third kappa shape index (κ3) is 6.31. The number of carbonyl (C=O) groups is 2. The van der Waals surface area contributed by atoms with E-state index < -0.39 is 18.1 Å². The summed E-state index contributed by atoms with van der Waals surface area (Å²) in [5.41, 5.74) is 6.02. The van der Waals surface area contributed by atoms with Gasteiger partial charge in [-0.1, -0.05) is 74.5 Å². The molecule has 0 unspecified atom stereocenters. The maximum absolute atomic E-state index is 12.8. The molecule has 9 nitrogen and oxygen atoms in total. The molecule has 0 saturated heterocycles. The van der Waals surface area contributed by atoms with E-state index in [1.807, 2.05) is 79.1 Å². The van der Waals surface area contributed by atoms with Crippen molar-refractivity contribution in [2.45, 2.75) is 51.5 Å². The summed E-state index contributed by atoms with van der Waals surface area (Å²) in [4.78, 5) is 29.6. The Kier molecular flexibility index (Phi) is 8.88. The Bertz CT molecular complexity index is 1500. The fourth-order valence-corrected chi connectivity index (χ4v) is 5.37. The van der Waals surface area contributed by atoms with Crippen LogP contribution in [0.25, 0.3) is 11.1 Å². The van der Waals surface area contributed by atoms with Crippen molar-refractivity contribution in [1.29, 1.82) is 0 Å². The number of aromatic nitrogens is 2. The van der Waals surface area contributed by atoms with Crippen molar-refractivity contribution in [3.63, 3.8) is 0 Å². The molecule has 5 rings (SSSR count). The van der Waals surface area contributed by atoms with Crippen LogP contribution in [0.2, 0.25) is 0 Å². The van der Waals surface area contributed by atoms with Crippen LogP contribution >= 0.6 is 0 Å². The van der Waals surface area contributed by atoms with Crippen LogP contribution < -0.4 is 10.1 Å². The maximum Gasteiger partial charge on any atom is 0.407 e. The highest BCUT2D eigenvalue weighted by Crippen LogP contribution is 2.44. The number of nitrogens with zero attached hydrogens (tertiary/aromatic N) is 2. The Morgan fingerprint density at radius 3 is 2.21 bits per heavy atom. The van der Waals surface area contributed by atoms with E-state index >= 15 is 0 Å². The standard InChI is InChI=1S/C33H35N3O6/c1-21(2)31-34-17-23(36(31)20-41-18-22-12-14-24(40-3)15-13-22)16-30(32(37)38)35-33(39)42-19-29-27-10-6-4-8-25(27)26-9-5-7-11-28(26)29/h4-15,17,21,29-30H,16,18-20H2,1-3H3,(H,35,39)(H,37,38)/t30-/m0/s1. The average Bonchev–Trinajstić information content (AvgIpc) is 3.54. The number of hydrogen-bond donors (Lipinski definition) is 2. The van der Waals surface area contributed by atoms with E-state index in [-0.39, 0.29) is 31.6 Å². The fourth-order valence-electron chi connectivity index (χ4n) is 5.37. The second-order valence-electron chi connectivity index (χ2n) is 10.6. The number of carboxylic acid groups (broad SMARTS) is 1. The maximum atomic E-state index is 12.8. The highest BCUT2D eigenvalue weighted by Gasteiger charge is 2.30. The zero-order chi connectivity index (χ0) is 29.6. The lowest BCUT2D eigenvalue weighted by atomic mass is 9.98. The largest absolute Gasteiger partial charge is 0.497 e. The van der Waals surface area contributed by atoms with Crippen LogP contribution in [-0.2, 0) is 34.0 Å². The predicted octanol–water partition coefficient (Wildman–Crippen LogP) is 5.72. The molecular formula is C33H35N3O6. The molecule has 9 heteroatoms. The van der Waals surface area contributed by atoms with Gasteiger partial charge in [-0.05, 0) is 39.9 Å². The van der Waals surface area contributed by atoms with Gasteiger partial charge in [0.2, 0.25) is 0 Å². The molecule has 0 fully saturated rings. The number of imidazole rings is 1. The lowest BCUT2D eigenvalue weighted by Crippen LogP contribution is -2.43. The minimum absolute atomic E-state index is 0.0190. The molecule has 218 valence electrons. The average molecular weight is 570 g/mol. The number of ether oxygens (including phenoxy) is 3. The van der Waals surface area contributed by atoms with E-state index in [0.717, 1.165) is 39.4 Å². The minimum atomic E-state index is -1.21. The molecule has 0 spiro atoms. The SMILES string of the molecule is COc1ccc(COCn2c(C[C@H](NC(=O)OCC3c4ccccc4-c4ccccc43)C(=O)O)cnc2C(C)C)cc1. The molecule has 1 amide bonds. The molecular weight excluding hydrogens is 534 g/mol. The number of aliphatic carboxylic acids is 1. The van der Waals surface area contributed by atoms with Gasteiger partial charge >= 0.3 is 12.1 Å². The molecule has 42 heavy (non-hydrogen) atoms. The van der Waals surface area contributed by atoms with Crippen molar-refractivity contribution in [2.75, 3.05) is 13.7 Å². The van der Waals surface area contributed by atoms with Crippen molar-refractivity contribution < 1.29 is 28.9 Å². The number of methoxy groups -OCH3 is 1. The van der Waals surface area contributed by atoms with Crippen LogP contribution in [-0.4, -0.2) is 46.5 Å². The highest BCUT2D eigenvalue weighted by atomic mass is 16.5. The van der Waals surface area contributed by atoms with Gasteiger partial charge in [-0.15, -0.1) is 0 Å². The first kappa shape index (κ1) is 28.9. The Balaban J connectivity index is 1.23. The quantitative estimate of drug-likeness (QED) is 0.224. The molecule has 1 aliphatic rings. The van der Waals surface area contributed by atoms with Crippen molar-refractivity contribution in [2.24, 2.45) is 0 Å². The fraction of sp³-hybridized carbons (Fsp3) is 0.303. The summed E-state index contributed by atoms with van der Waals surface area (Å²) in [7, 11) is 1.62. The third-order valence-electron chi connectivity index (χ3n) is 7.48. The van der Waals surface area contributed by atoms with Gasteiger partial charge in [-0.2, -0.15) is 0 Å². The van der Waals surface area contributed by atoms with Gasteiger partial charge in [-0.25, -0.2) is 14.6 Å². The second-order valence-corrected chi connectivity index (χ2v) is 10.6. The van der Waals surface area contributed by atoms with E-state index in [1.165, 1.54) is 0 Å². The topological polar surface area (TPSA) is 112 Å². The van der Waals surface area contributed by atoms with Crippen molar-refractivity contribution in [3.8, 4) is 16.9 Å². The number of fused-ring (bicyclic) bond motifs is 3. The van der Waals surface area contributed by atoms with Crippen molar-refractivity contribution in [3.05, 3.63) is 107 Å². The summed E-state index contributed by atoms with van der Waals surface area (Å²) in [5.74, 6) is 0.332. The number of nitrogens with one attached hydrogen (secondary N) is 1. The molecule has 0 bridgehead atoms. The second kappa shape index (κ2) is 12.9. The number of benzene rings is 3. The van der Waals surface area contributed by atoms with Crippen LogP contribution in [0, 0.1) is 0 Å². The first-order chi connectivity index (χ1) is 20.4. The Morgan fingerprint density at radius 1 is 0.976 bits per heavy atom. The zero-order valence-corrected chi connectivity index (χ0v) is 23.9. The minimum Gasteiger partial charge on any atom is -0.497 e. The highest BCUT2D eigenvalue weighted by molar-refractivity contribution is 5.81. The van der Waals surface area contributed by atoms with Gasteiger partial charge in [0.15, 0.2) is 0 Å². The van der Waals surface area contributed by atoms with Gasteiger partial charge in [-0.3, -0.25) is 0 Å². The van der Waals surface area contributed by atoms with Gasteiger partial charge in [0.25, 0.3) is 0 Å². The molecule has 1 heterocycles. The summed E-state index contributed by atoms with van der Waals surface area (Å²) < 4.78 is 18.6. The lowest BCUT2D eigenvalue weighted by molar-refractivity contribution is -0.139. The number of amides is 1. The summed E-state index contributed by atoms with van der Waals surface area (Å²) >= 11 is 0. The summed E-state index contributed by atoms with van der Waals surface area (Å²) in [6.45, 7) is 4.66. The van der Waals surface area contributed by atoms with Crippen LogP contribution in [0.3, 0.4) is 0 Å². The number of carbonyl (C=O) groups excluding carboxylic acids is 1. The predicted molar refractivity (Wildman–Crippen MR) is 157 cm³/mol. The molecule has 1 atom stereocenters. The van der Waals surface area contributed by atoms with Gasteiger partial charge < -0.3 is 29.2 Å². The molecule has 2 N–H and O–H groups in total. The van der Waals surface area contributed by atoms with E-state index in [1.54, 1.807) is 13.3 Å². The molecule has 3 aromatic carbocycles. The molecule has 1 aliphatic carbocycles. The first-order valence-corrected chi connectivity index (χ1v) is 13.9. The number of hydrogen-bond acceptors (Lipinski definition) is 6. The van der Waals surface area contributed by atoms with E-state index in [2.05, 4.69) is 22.4 Å². The zero-order valence-electron chi connectivity index (χ0n) is 23.9. The Labute approximate surface area is 245 Å². The number of alkyl carbamates (subject to hydrolysis) is 1. The van der Waals surface area contributed by atoms with E-state index in [0.29, 0.717) is 12.3 Å². The number of rotatable bonds is 12. The molecule has 0 aliphatic heterocycles. The Hall–Kier alpha value is -4.63. The van der Waals surface area contributed by atoms with Gasteiger partial charge in [0, 0.05) is 30.1 Å². The van der Waals surface area contributed by atoms with E-state index in [9.17, 15) is 14.7 Å². The molecule has 0 radical (unpaired) electrons. The van der Waals surface area contributed by atoms with Crippen molar-refractivity contribution >= 4 is 12.1 Å². The van der Waals surface area contributed by atoms with Crippen LogP contribution in [0.5, 0.6) is 5.75 Å². The monoisotopic (exact) mass is 569 g/mol. The molecule has 0 saturated carbocycles. The smallest absolute Gasteiger partial charge is 0.407 e. The van der Waals surface area contributed by atoms with E-state index in [4.69, 9.17) is 14.2 Å². The van der Waals surface area contributed by atoms with Crippen molar-refractivity contribution in [1.82, 2.24) is 14.9 Å². The summed E-state index contributed by atoms with van der Waals surface area (Å²) in [6, 6.07) is 22.5. The summed E-state index contributed by atoms with van der Waals surface area (Å²) in [5, 5.41) is 12.5. The normalized spacial score (nSPS) is 13.0. The molecule has 1 aromatic heterocycles. The van der Waals surface area contributed by atoms with Gasteiger partial charge in [0.1, 0.15) is 31.0 Å². The Morgan fingerprint density at radius 2 is 1.62 bits per heavy atom. The third-order valence-corrected chi connectivity index (χ3v) is 7.48. The lowest BCUT2D eigenvalue weighted by Gasteiger charge is -2.19. The first-order valence-electron chi connectivity index (χ1n) is 13.9. The van der Waals surface area contributed by atoms with Crippen LogP contribution in [0.4, 0.5) is 4.79 Å². The molecule has 4 aromatic rings. The van der Waals surface area contributed by atoms with Crippen LogP contribution in [0.15, 0.2) is 79.0 Å². The summed E-state index contributed by atoms with van der Waals surface area (Å²) in [6.07, 6.45) is 0.877. The van der Waals surface area contributed by atoms with Crippen LogP contribution in [0.1, 0.15) is 53.9 Å². The van der Waals surface area contributed by atoms with Gasteiger partial charge in [0.05, 0.1) is 13.7 Å². The number of carboxylic acids is 1.